The summed E-state index contributed by atoms with van der Waals surface area (Å²) in [6.45, 7) is 4.15. The summed E-state index contributed by atoms with van der Waals surface area (Å²) in [6, 6.07) is -0.252. The van der Waals surface area contributed by atoms with Gasteiger partial charge in [-0.3, -0.25) is 4.79 Å². The molecule has 3 N–H and O–H groups in total. The quantitative estimate of drug-likeness (QED) is 0.653. The molecule has 0 aromatic rings. The molecule has 1 aliphatic rings. The molecule has 0 spiro atoms. The van der Waals surface area contributed by atoms with E-state index in [0.29, 0.717) is 19.6 Å². The Bertz CT molecular complexity index is 338. The lowest BCUT2D eigenvalue weighted by atomic mass is 9.77. The van der Waals surface area contributed by atoms with E-state index in [9.17, 15) is 9.59 Å². The second-order valence-corrected chi connectivity index (χ2v) is 5.89. The van der Waals surface area contributed by atoms with Crippen LogP contribution in [-0.4, -0.2) is 42.9 Å². The molecule has 0 saturated heterocycles. The Morgan fingerprint density at radius 2 is 2.00 bits per heavy atom. The minimum absolute atomic E-state index is 0.235. The van der Waals surface area contributed by atoms with Crippen LogP contribution in [0.3, 0.4) is 0 Å². The van der Waals surface area contributed by atoms with Gasteiger partial charge >= 0.3 is 12.0 Å². The summed E-state index contributed by atoms with van der Waals surface area (Å²) in [5.41, 5.74) is -1.06. The van der Waals surface area contributed by atoms with Crippen LogP contribution in [-0.2, 0) is 9.53 Å². The third kappa shape index (κ3) is 4.38. The number of amides is 2. The molecular weight excluding hydrogens is 248 g/mol. The van der Waals surface area contributed by atoms with Crippen LogP contribution >= 0.6 is 0 Å². The van der Waals surface area contributed by atoms with Gasteiger partial charge in [-0.1, -0.05) is 0 Å². The fourth-order valence-electron chi connectivity index (χ4n) is 2.07. The van der Waals surface area contributed by atoms with Crippen molar-refractivity contribution in [2.24, 2.45) is 5.41 Å². The largest absolute Gasteiger partial charge is 0.481 e. The SMILES string of the molecule is COCC1(NC(=O)NCCC(C)(C)C(=O)O)CCC1. The maximum Gasteiger partial charge on any atom is 0.315 e. The van der Waals surface area contributed by atoms with Crippen molar-refractivity contribution in [1.29, 1.82) is 0 Å². The summed E-state index contributed by atoms with van der Waals surface area (Å²) in [5.74, 6) is -0.857. The first-order chi connectivity index (χ1) is 8.81. The number of hydrogen-bond acceptors (Lipinski definition) is 3. The number of hydrogen-bond donors (Lipinski definition) is 3. The summed E-state index contributed by atoms with van der Waals surface area (Å²) in [4.78, 5) is 22.7. The molecule has 0 aromatic carbocycles. The van der Waals surface area contributed by atoms with Crippen LogP contribution in [0.5, 0.6) is 0 Å². The lowest BCUT2D eigenvalue weighted by Gasteiger charge is -2.41. The predicted octanol–water partition coefficient (Wildman–Crippen LogP) is 1.36. The van der Waals surface area contributed by atoms with Crippen molar-refractivity contribution in [3.8, 4) is 0 Å². The molecule has 1 rings (SSSR count). The van der Waals surface area contributed by atoms with Gasteiger partial charge in [0.1, 0.15) is 0 Å². The van der Waals surface area contributed by atoms with Crippen LogP contribution in [0.15, 0.2) is 0 Å². The first kappa shape index (κ1) is 15.8. The number of nitrogens with one attached hydrogen (secondary N) is 2. The van der Waals surface area contributed by atoms with Crippen LogP contribution in [0.2, 0.25) is 0 Å². The van der Waals surface area contributed by atoms with Crippen LogP contribution < -0.4 is 10.6 Å². The number of urea groups is 1. The van der Waals surface area contributed by atoms with Gasteiger partial charge in [0, 0.05) is 13.7 Å². The second-order valence-electron chi connectivity index (χ2n) is 5.89. The van der Waals surface area contributed by atoms with E-state index in [1.54, 1.807) is 21.0 Å². The van der Waals surface area contributed by atoms with E-state index in [1.165, 1.54) is 0 Å². The maximum atomic E-state index is 11.8. The molecular formula is C13H24N2O4. The third-order valence-electron chi connectivity index (χ3n) is 3.72. The van der Waals surface area contributed by atoms with Crippen LogP contribution in [0.25, 0.3) is 0 Å². The maximum absolute atomic E-state index is 11.8. The summed E-state index contributed by atoms with van der Waals surface area (Å²) >= 11 is 0. The van der Waals surface area contributed by atoms with Crippen LogP contribution in [0.4, 0.5) is 4.79 Å². The van der Waals surface area contributed by atoms with Crippen molar-refractivity contribution < 1.29 is 19.4 Å². The number of carboxylic acids is 1. The van der Waals surface area contributed by atoms with Crippen LogP contribution in [0, 0.1) is 5.41 Å². The average molecular weight is 272 g/mol. The monoisotopic (exact) mass is 272 g/mol. The second kappa shape index (κ2) is 6.23. The number of aliphatic carboxylic acids is 1. The van der Waals surface area contributed by atoms with Gasteiger partial charge in [-0.05, 0) is 39.5 Å². The molecule has 0 aliphatic heterocycles. The lowest BCUT2D eigenvalue weighted by molar-refractivity contribution is -0.147. The van der Waals surface area contributed by atoms with Crippen LogP contribution in [0.1, 0.15) is 39.5 Å². The van der Waals surface area contributed by atoms with Gasteiger partial charge in [0.2, 0.25) is 0 Å². The number of carbonyl (C=O) groups is 2. The molecule has 0 atom stereocenters. The molecule has 6 nitrogen and oxygen atoms in total. The van der Waals surface area contributed by atoms with Gasteiger partial charge in [0.25, 0.3) is 0 Å². The molecule has 0 heterocycles. The molecule has 0 bridgehead atoms. The van der Waals surface area contributed by atoms with Gasteiger partial charge < -0.3 is 20.5 Å². The van der Waals surface area contributed by atoms with E-state index in [-0.39, 0.29) is 11.6 Å². The highest BCUT2D eigenvalue weighted by Gasteiger charge is 2.38. The average Bonchev–Trinajstić information content (AvgIpc) is 2.25. The first-order valence-corrected chi connectivity index (χ1v) is 6.60. The topological polar surface area (TPSA) is 87.7 Å². The lowest BCUT2D eigenvalue weighted by Crippen LogP contribution is -2.59. The molecule has 6 heteroatoms. The third-order valence-corrected chi connectivity index (χ3v) is 3.72. The van der Waals surface area contributed by atoms with Gasteiger partial charge in [-0.25, -0.2) is 4.79 Å². The Labute approximate surface area is 113 Å². The molecule has 0 radical (unpaired) electrons. The Hall–Kier alpha value is -1.30. The molecule has 1 fully saturated rings. The zero-order chi connectivity index (χ0) is 14.5. The smallest absolute Gasteiger partial charge is 0.315 e. The highest BCUT2D eigenvalue weighted by Crippen LogP contribution is 2.31. The predicted molar refractivity (Wildman–Crippen MR) is 71.0 cm³/mol. The van der Waals surface area contributed by atoms with Crippen molar-refractivity contribution in [3.05, 3.63) is 0 Å². The summed E-state index contributed by atoms with van der Waals surface area (Å²) in [6.07, 6.45) is 3.34. The molecule has 2 amide bonds. The van der Waals surface area contributed by atoms with Gasteiger partial charge in [0.05, 0.1) is 17.6 Å². The van der Waals surface area contributed by atoms with E-state index in [0.717, 1.165) is 19.3 Å². The standard InChI is InChI=1S/C13H24N2O4/c1-12(2,10(16)17)7-8-14-11(18)15-13(9-19-3)5-4-6-13/h4-9H2,1-3H3,(H,16,17)(H2,14,15,18). The summed E-state index contributed by atoms with van der Waals surface area (Å²) in [5, 5.41) is 14.6. The Balaban J connectivity index is 2.30. The number of carbonyl (C=O) groups excluding carboxylic acids is 1. The van der Waals surface area contributed by atoms with Crippen molar-refractivity contribution in [2.75, 3.05) is 20.3 Å². The highest BCUT2D eigenvalue weighted by atomic mass is 16.5. The zero-order valence-corrected chi connectivity index (χ0v) is 11.9. The van der Waals surface area contributed by atoms with Crippen molar-refractivity contribution in [3.63, 3.8) is 0 Å². The van der Waals surface area contributed by atoms with Gasteiger partial charge in [-0.2, -0.15) is 0 Å². The summed E-state index contributed by atoms with van der Waals surface area (Å²) < 4.78 is 5.12. The number of methoxy groups -OCH3 is 1. The zero-order valence-electron chi connectivity index (χ0n) is 11.9. The minimum atomic E-state index is -0.857. The molecule has 19 heavy (non-hydrogen) atoms. The van der Waals surface area contributed by atoms with Crippen molar-refractivity contribution in [2.45, 2.75) is 45.1 Å². The number of ether oxygens (including phenoxy) is 1. The fraction of sp³-hybridized carbons (Fsp3) is 0.846. The molecule has 0 aromatic heterocycles. The van der Waals surface area contributed by atoms with E-state index in [4.69, 9.17) is 9.84 Å². The Morgan fingerprint density at radius 3 is 2.42 bits per heavy atom. The Morgan fingerprint density at radius 1 is 1.37 bits per heavy atom. The summed E-state index contributed by atoms with van der Waals surface area (Å²) in [7, 11) is 1.62. The molecule has 1 saturated carbocycles. The first-order valence-electron chi connectivity index (χ1n) is 6.60. The van der Waals surface area contributed by atoms with E-state index >= 15 is 0 Å². The molecule has 1 aliphatic carbocycles. The number of rotatable bonds is 7. The van der Waals surface area contributed by atoms with E-state index in [1.807, 2.05) is 0 Å². The minimum Gasteiger partial charge on any atom is -0.481 e. The van der Waals surface area contributed by atoms with Crippen molar-refractivity contribution >= 4 is 12.0 Å². The highest BCUT2D eigenvalue weighted by molar-refractivity contribution is 5.75. The molecule has 110 valence electrons. The van der Waals surface area contributed by atoms with E-state index < -0.39 is 11.4 Å². The Kier molecular flexibility index (Phi) is 5.17. The van der Waals surface area contributed by atoms with Crippen molar-refractivity contribution in [1.82, 2.24) is 10.6 Å². The fourth-order valence-corrected chi connectivity index (χ4v) is 2.07. The normalized spacial score (nSPS) is 17.4. The van der Waals surface area contributed by atoms with E-state index in [2.05, 4.69) is 10.6 Å². The molecule has 0 unspecified atom stereocenters. The number of carboxylic acid groups (broad SMARTS) is 1. The van der Waals surface area contributed by atoms with Gasteiger partial charge in [-0.15, -0.1) is 0 Å². The van der Waals surface area contributed by atoms with Gasteiger partial charge in [0.15, 0.2) is 0 Å².